The van der Waals surface area contributed by atoms with Gasteiger partial charge in [0, 0.05) is 0 Å². The van der Waals surface area contributed by atoms with E-state index in [-0.39, 0.29) is 5.91 Å². The molecule has 0 aliphatic carbocycles. The maximum Gasteiger partial charge on any atom is 0.231 e. The minimum absolute atomic E-state index is 0.210. The van der Waals surface area contributed by atoms with Crippen molar-refractivity contribution < 1.29 is 4.79 Å². The molecule has 1 fully saturated rings. The van der Waals surface area contributed by atoms with Crippen molar-refractivity contribution in [1.29, 1.82) is 0 Å². The number of hydrogen-bond acceptors (Lipinski definition) is 3. The second kappa shape index (κ2) is 5.98. The van der Waals surface area contributed by atoms with Gasteiger partial charge in [0.2, 0.25) is 5.91 Å². The highest BCUT2D eigenvalue weighted by molar-refractivity contribution is 5.75. The first-order valence-electron chi connectivity index (χ1n) is 5.37. The van der Waals surface area contributed by atoms with Crippen molar-refractivity contribution in [2.45, 2.75) is 19.3 Å². The van der Waals surface area contributed by atoms with Gasteiger partial charge in [-0.15, -0.1) is 0 Å². The minimum atomic E-state index is -0.210. The van der Waals surface area contributed by atoms with Crippen LogP contribution in [0.25, 0.3) is 0 Å². The second-order valence-electron chi connectivity index (χ2n) is 4.08. The van der Waals surface area contributed by atoms with Gasteiger partial charge in [-0.3, -0.25) is 9.69 Å². The lowest BCUT2D eigenvalue weighted by atomic mass is 9.93. The molecule has 1 amide bonds. The fourth-order valence-electron chi connectivity index (χ4n) is 2.00. The number of hydrogen-bond donors (Lipinski definition) is 2. The van der Waals surface area contributed by atoms with E-state index in [2.05, 4.69) is 10.2 Å². The Morgan fingerprint density at radius 1 is 1.50 bits per heavy atom. The second-order valence-corrected chi connectivity index (χ2v) is 4.08. The number of piperidine rings is 1. The standard InChI is InChI=1S/C10H21N3O/c1-12-5-2-9-3-6-13(7-4-9)8-10(11)14/h9,12H,2-8H2,1H3,(H2,11,14). The van der Waals surface area contributed by atoms with E-state index in [0.717, 1.165) is 25.6 Å². The van der Waals surface area contributed by atoms with Crippen LogP contribution in [0.2, 0.25) is 0 Å². The monoisotopic (exact) mass is 199 g/mol. The smallest absolute Gasteiger partial charge is 0.231 e. The van der Waals surface area contributed by atoms with Crippen LogP contribution in [0, 0.1) is 5.92 Å². The Morgan fingerprint density at radius 3 is 2.64 bits per heavy atom. The zero-order valence-corrected chi connectivity index (χ0v) is 8.96. The summed E-state index contributed by atoms with van der Waals surface area (Å²) in [5, 5.41) is 3.17. The fourth-order valence-corrected chi connectivity index (χ4v) is 2.00. The van der Waals surface area contributed by atoms with Crippen molar-refractivity contribution in [3.05, 3.63) is 0 Å². The summed E-state index contributed by atoms with van der Waals surface area (Å²) in [6.45, 7) is 3.58. The van der Waals surface area contributed by atoms with Crippen LogP contribution in [-0.4, -0.2) is 44.0 Å². The molecule has 3 N–H and O–H groups in total. The van der Waals surface area contributed by atoms with Gasteiger partial charge in [-0.2, -0.15) is 0 Å². The number of carbonyl (C=O) groups excluding carboxylic acids is 1. The summed E-state index contributed by atoms with van der Waals surface area (Å²) in [5.41, 5.74) is 5.15. The molecule has 0 atom stereocenters. The van der Waals surface area contributed by atoms with Crippen LogP contribution in [0.15, 0.2) is 0 Å². The summed E-state index contributed by atoms with van der Waals surface area (Å²) < 4.78 is 0. The first kappa shape index (κ1) is 11.5. The van der Waals surface area contributed by atoms with Gasteiger partial charge in [-0.05, 0) is 51.9 Å². The van der Waals surface area contributed by atoms with Crippen LogP contribution in [-0.2, 0) is 4.79 Å². The summed E-state index contributed by atoms with van der Waals surface area (Å²) in [6, 6.07) is 0. The highest BCUT2D eigenvalue weighted by Gasteiger charge is 2.19. The van der Waals surface area contributed by atoms with Crippen LogP contribution in [0.1, 0.15) is 19.3 Å². The molecule has 1 heterocycles. The number of nitrogens with one attached hydrogen (secondary N) is 1. The molecule has 0 spiro atoms. The Kier molecular flexibility index (Phi) is 4.90. The van der Waals surface area contributed by atoms with Crippen molar-refractivity contribution in [2.24, 2.45) is 11.7 Å². The van der Waals surface area contributed by atoms with Gasteiger partial charge in [-0.1, -0.05) is 0 Å². The molecule has 0 aromatic carbocycles. The van der Waals surface area contributed by atoms with E-state index in [9.17, 15) is 4.79 Å². The number of nitrogens with zero attached hydrogens (tertiary/aromatic N) is 1. The van der Waals surface area contributed by atoms with Gasteiger partial charge >= 0.3 is 0 Å². The number of rotatable bonds is 5. The quantitative estimate of drug-likeness (QED) is 0.644. The van der Waals surface area contributed by atoms with Crippen molar-refractivity contribution in [3.8, 4) is 0 Å². The molecule has 4 heteroatoms. The first-order valence-corrected chi connectivity index (χ1v) is 5.37. The summed E-state index contributed by atoms with van der Waals surface area (Å²) in [6.07, 6.45) is 3.66. The largest absolute Gasteiger partial charge is 0.369 e. The van der Waals surface area contributed by atoms with Crippen molar-refractivity contribution >= 4 is 5.91 Å². The molecule has 0 bridgehead atoms. The molecule has 1 aliphatic heterocycles. The molecule has 1 aliphatic rings. The molecule has 82 valence electrons. The molecule has 14 heavy (non-hydrogen) atoms. The molecule has 0 aromatic heterocycles. The van der Waals surface area contributed by atoms with Crippen LogP contribution >= 0.6 is 0 Å². The lowest BCUT2D eigenvalue weighted by Gasteiger charge is -2.30. The highest BCUT2D eigenvalue weighted by Crippen LogP contribution is 2.19. The zero-order chi connectivity index (χ0) is 10.4. The number of nitrogens with two attached hydrogens (primary N) is 1. The predicted molar refractivity (Wildman–Crippen MR) is 56.9 cm³/mol. The Hall–Kier alpha value is -0.610. The Labute approximate surface area is 85.8 Å². The predicted octanol–water partition coefficient (Wildman–Crippen LogP) is -0.207. The lowest BCUT2D eigenvalue weighted by molar-refractivity contribution is -0.119. The Bertz CT molecular complexity index is 176. The molecule has 0 unspecified atom stereocenters. The summed E-state index contributed by atoms with van der Waals surface area (Å²) >= 11 is 0. The maximum absolute atomic E-state index is 10.7. The van der Waals surface area contributed by atoms with E-state index in [1.54, 1.807) is 0 Å². The molecule has 0 aromatic rings. The number of likely N-dealkylation sites (tertiary alicyclic amines) is 1. The van der Waals surface area contributed by atoms with Crippen LogP contribution < -0.4 is 11.1 Å². The molecular weight excluding hydrogens is 178 g/mol. The van der Waals surface area contributed by atoms with Crippen LogP contribution in [0.3, 0.4) is 0 Å². The van der Waals surface area contributed by atoms with Crippen LogP contribution in [0.5, 0.6) is 0 Å². The topological polar surface area (TPSA) is 58.4 Å². The molecule has 1 rings (SSSR count). The van der Waals surface area contributed by atoms with Gasteiger partial charge in [0.15, 0.2) is 0 Å². The summed E-state index contributed by atoms with van der Waals surface area (Å²) in [7, 11) is 1.99. The summed E-state index contributed by atoms with van der Waals surface area (Å²) in [5.74, 6) is 0.616. The SMILES string of the molecule is CNCCC1CCN(CC(N)=O)CC1. The van der Waals surface area contributed by atoms with Gasteiger partial charge in [0.25, 0.3) is 0 Å². The first-order chi connectivity index (χ1) is 6.72. The fraction of sp³-hybridized carbons (Fsp3) is 0.900. The molecule has 4 nitrogen and oxygen atoms in total. The normalized spacial score (nSPS) is 19.8. The van der Waals surface area contributed by atoms with Crippen molar-refractivity contribution in [1.82, 2.24) is 10.2 Å². The molecule has 1 saturated heterocycles. The van der Waals surface area contributed by atoms with Gasteiger partial charge in [0.05, 0.1) is 6.54 Å². The van der Waals surface area contributed by atoms with Gasteiger partial charge in [0.1, 0.15) is 0 Å². The van der Waals surface area contributed by atoms with Crippen molar-refractivity contribution in [3.63, 3.8) is 0 Å². The Balaban J connectivity index is 2.14. The molecule has 0 radical (unpaired) electrons. The number of carbonyl (C=O) groups is 1. The third-order valence-electron chi connectivity index (χ3n) is 2.89. The molecule has 0 saturated carbocycles. The maximum atomic E-state index is 10.7. The van der Waals surface area contributed by atoms with E-state index >= 15 is 0 Å². The third kappa shape index (κ3) is 4.07. The average molecular weight is 199 g/mol. The van der Waals surface area contributed by atoms with E-state index in [1.807, 2.05) is 7.05 Å². The van der Waals surface area contributed by atoms with E-state index in [0.29, 0.717) is 6.54 Å². The lowest BCUT2D eigenvalue weighted by Crippen LogP contribution is -2.39. The van der Waals surface area contributed by atoms with Gasteiger partial charge < -0.3 is 11.1 Å². The summed E-state index contributed by atoms with van der Waals surface area (Å²) in [4.78, 5) is 12.8. The van der Waals surface area contributed by atoms with E-state index in [4.69, 9.17) is 5.73 Å². The third-order valence-corrected chi connectivity index (χ3v) is 2.89. The number of primary amides is 1. The minimum Gasteiger partial charge on any atom is -0.369 e. The zero-order valence-electron chi connectivity index (χ0n) is 8.96. The van der Waals surface area contributed by atoms with E-state index < -0.39 is 0 Å². The van der Waals surface area contributed by atoms with Crippen LogP contribution in [0.4, 0.5) is 0 Å². The number of amides is 1. The van der Waals surface area contributed by atoms with Crippen molar-refractivity contribution in [2.75, 3.05) is 33.2 Å². The van der Waals surface area contributed by atoms with E-state index in [1.165, 1.54) is 19.3 Å². The van der Waals surface area contributed by atoms with Gasteiger partial charge in [-0.25, -0.2) is 0 Å². The Morgan fingerprint density at radius 2 is 2.14 bits per heavy atom. The molecular formula is C10H21N3O. The average Bonchev–Trinajstić information content (AvgIpc) is 2.16. The highest BCUT2D eigenvalue weighted by atomic mass is 16.1.